The SMILES string of the molecule is CN(C)c1nc(N)c(C(=O)NCc2ccc(F)cc2)s1. The van der Waals surface area contributed by atoms with Crippen molar-refractivity contribution in [3.8, 4) is 0 Å². The molecule has 0 aliphatic rings. The predicted molar refractivity (Wildman–Crippen MR) is 78.4 cm³/mol. The van der Waals surface area contributed by atoms with Gasteiger partial charge < -0.3 is 16.0 Å². The van der Waals surface area contributed by atoms with Crippen molar-refractivity contribution < 1.29 is 9.18 Å². The summed E-state index contributed by atoms with van der Waals surface area (Å²) in [7, 11) is 3.66. The van der Waals surface area contributed by atoms with Crippen LogP contribution < -0.4 is 16.0 Å². The lowest BCUT2D eigenvalue weighted by Gasteiger charge is -2.05. The Hall–Kier alpha value is -2.15. The van der Waals surface area contributed by atoms with Gasteiger partial charge in [0.05, 0.1) is 0 Å². The Morgan fingerprint density at radius 1 is 1.40 bits per heavy atom. The molecule has 1 amide bonds. The maximum atomic E-state index is 12.8. The molecule has 0 bridgehead atoms. The van der Waals surface area contributed by atoms with E-state index in [1.165, 1.54) is 23.5 Å². The lowest BCUT2D eigenvalue weighted by Crippen LogP contribution is -2.22. The summed E-state index contributed by atoms with van der Waals surface area (Å²) in [5.41, 5.74) is 6.55. The molecular weight excluding hydrogens is 279 g/mol. The molecule has 0 aliphatic carbocycles. The van der Waals surface area contributed by atoms with Gasteiger partial charge in [-0.25, -0.2) is 9.37 Å². The van der Waals surface area contributed by atoms with Crippen LogP contribution in [0.25, 0.3) is 0 Å². The van der Waals surface area contributed by atoms with Gasteiger partial charge in [0.15, 0.2) is 5.13 Å². The number of amides is 1. The van der Waals surface area contributed by atoms with Crippen LogP contribution in [0.3, 0.4) is 0 Å². The Kier molecular flexibility index (Phi) is 4.19. The van der Waals surface area contributed by atoms with E-state index < -0.39 is 0 Å². The second-order valence-corrected chi connectivity index (χ2v) is 5.39. The number of carbonyl (C=O) groups excluding carboxylic acids is 1. The van der Waals surface area contributed by atoms with E-state index in [0.717, 1.165) is 5.56 Å². The number of carbonyl (C=O) groups is 1. The lowest BCUT2D eigenvalue weighted by atomic mass is 10.2. The Bertz CT molecular complexity index is 609. The minimum absolute atomic E-state index is 0.218. The number of hydrogen-bond donors (Lipinski definition) is 2. The van der Waals surface area contributed by atoms with E-state index in [9.17, 15) is 9.18 Å². The van der Waals surface area contributed by atoms with Gasteiger partial charge in [-0.05, 0) is 17.7 Å². The molecule has 0 radical (unpaired) electrons. The molecule has 0 unspecified atom stereocenters. The van der Waals surface area contributed by atoms with Gasteiger partial charge in [-0.3, -0.25) is 4.79 Å². The van der Waals surface area contributed by atoms with Gasteiger partial charge in [0.25, 0.3) is 5.91 Å². The maximum Gasteiger partial charge on any atom is 0.265 e. The number of nitrogens with one attached hydrogen (secondary N) is 1. The van der Waals surface area contributed by atoms with Crippen LogP contribution in [0, 0.1) is 5.82 Å². The zero-order chi connectivity index (χ0) is 14.7. The van der Waals surface area contributed by atoms with Crippen LogP contribution in [-0.2, 0) is 6.54 Å². The third-order valence-electron chi connectivity index (χ3n) is 2.60. The second kappa shape index (κ2) is 5.87. The minimum atomic E-state index is -0.303. The van der Waals surface area contributed by atoms with Crippen molar-refractivity contribution >= 4 is 28.2 Å². The van der Waals surface area contributed by atoms with Gasteiger partial charge in [0.2, 0.25) is 0 Å². The number of benzene rings is 1. The topological polar surface area (TPSA) is 71.2 Å². The highest BCUT2D eigenvalue weighted by molar-refractivity contribution is 7.18. The third-order valence-corrected chi connectivity index (χ3v) is 3.83. The molecule has 5 nitrogen and oxygen atoms in total. The van der Waals surface area contributed by atoms with Crippen molar-refractivity contribution in [1.82, 2.24) is 10.3 Å². The molecule has 7 heteroatoms. The molecule has 1 aromatic heterocycles. The highest BCUT2D eigenvalue weighted by Gasteiger charge is 2.16. The summed E-state index contributed by atoms with van der Waals surface area (Å²) >= 11 is 1.23. The van der Waals surface area contributed by atoms with Gasteiger partial charge in [-0.2, -0.15) is 0 Å². The maximum absolute atomic E-state index is 12.8. The fraction of sp³-hybridized carbons (Fsp3) is 0.231. The summed E-state index contributed by atoms with van der Waals surface area (Å²) in [6.45, 7) is 0.313. The first-order chi connectivity index (χ1) is 9.47. The molecule has 0 saturated heterocycles. The van der Waals surface area contributed by atoms with E-state index in [1.807, 2.05) is 14.1 Å². The van der Waals surface area contributed by atoms with E-state index in [4.69, 9.17) is 5.73 Å². The van der Waals surface area contributed by atoms with Crippen LogP contribution in [0.4, 0.5) is 15.3 Å². The van der Waals surface area contributed by atoms with Gasteiger partial charge in [0, 0.05) is 20.6 Å². The first-order valence-electron chi connectivity index (χ1n) is 5.93. The number of nitrogens with two attached hydrogens (primary N) is 1. The number of hydrogen-bond acceptors (Lipinski definition) is 5. The summed E-state index contributed by atoms with van der Waals surface area (Å²) in [5, 5.41) is 3.41. The number of nitrogens with zero attached hydrogens (tertiary/aromatic N) is 2. The number of rotatable bonds is 4. The van der Waals surface area contributed by atoms with Crippen molar-refractivity contribution in [2.75, 3.05) is 24.7 Å². The molecule has 0 saturated carbocycles. The van der Waals surface area contributed by atoms with E-state index in [-0.39, 0.29) is 17.5 Å². The molecule has 2 aromatic rings. The van der Waals surface area contributed by atoms with Crippen LogP contribution in [0.2, 0.25) is 0 Å². The molecule has 2 rings (SSSR count). The van der Waals surface area contributed by atoms with Gasteiger partial charge >= 0.3 is 0 Å². The van der Waals surface area contributed by atoms with Crippen LogP contribution in [0.15, 0.2) is 24.3 Å². The zero-order valence-electron chi connectivity index (χ0n) is 11.2. The Labute approximate surface area is 120 Å². The van der Waals surface area contributed by atoms with Crippen LogP contribution >= 0.6 is 11.3 Å². The normalized spacial score (nSPS) is 10.3. The van der Waals surface area contributed by atoms with E-state index in [1.54, 1.807) is 17.0 Å². The molecule has 20 heavy (non-hydrogen) atoms. The van der Waals surface area contributed by atoms with Crippen molar-refractivity contribution in [2.24, 2.45) is 0 Å². The number of nitrogen functional groups attached to an aromatic ring is 1. The number of thiazole rings is 1. The lowest BCUT2D eigenvalue weighted by molar-refractivity contribution is 0.0955. The van der Waals surface area contributed by atoms with Crippen molar-refractivity contribution in [2.45, 2.75) is 6.54 Å². The van der Waals surface area contributed by atoms with Crippen molar-refractivity contribution in [1.29, 1.82) is 0 Å². The molecule has 3 N–H and O–H groups in total. The fourth-order valence-electron chi connectivity index (χ4n) is 1.54. The van der Waals surface area contributed by atoms with Crippen LogP contribution in [0.1, 0.15) is 15.2 Å². The smallest absolute Gasteiger partial charge is 0.265 e. The van der Waals surface area contributed by atoms with Crippen LogP contribution in [-0.4, -0.2) is 25.0 Å². The standard InChI is InChI=1S/C13H15FN4OS/c1-18(2)13-17-11(15)10(20-13)12(19)16-7-8-3-5-9(14)6-4-8/h3-6H,7,15H2,1-2H3,(H,16,19). The predicted octanol–water partition coefficient (Wildman–Crippen LogP) is 1.86. The molecule has 0 spiro atoms. The Morgan fingerprint density at radius 2 is 2.05 bits per heavy atom. The van der Waals surface area contributed by atoms with Gasteiger partial charge in [-0.1, -0.05) is 23.5 Å². The highest BCUT2D eigenvalue weighted by atomic mass is 32.1. The van der Waals surface area contributed by atoms with E-state index >= 15 is 0 Å². The van der Waals surface area contributed by atoms with Gasteiger partial charge in [-0.15, -0.1) is 0 Å². The molecule has 1 heterocycles. The summed E-state index contributed by atoms with van der Waals surface area (Å²) in [4.78, 5) is 18.3. The average molecular weight is 294 g/mol. The summed E-state index contributed by atoms with van der Waals surface area (Å²) in [6, 6.07) is 5.95. The van der Waals surface area contributed by atoms with E-state index in [2.05, 4.69) is 10.3 Å². The van der Waals surface area contributed by atoms with E-state index in [0.29, 0.717) is 16.6 Å². The van der Waals surface area contributed by atoms with Crippen molar-refractivity contribution in [3.63, 3.8) is 0 Å². The minimum Gasteiger partial charge on any atom is -0.382 e. The first kappa shape index (κ1) is 14.3. The monoisotopic (exact) mass is 294 g/mol. The van der Waals surface area contributed by atoms with Gasteiger partial charge in [0.1, 0.15) is 16.5 Å². The highest BCUT2D eigenvalue weighted by Crippen LogP contribution is 2.26. The van der Waals surface area contributed by atoms with Crippen LogP contribution in [0.5, 0.6) is 0 Å². The summed E-state index contributed by atoms with van der Waals surface area (Å²) in [5.74, 6) is -0.366. The molecular formula is C13H15FN4OS. The number of anilines is 2. The molecule has 106 valence electrons. The number of aromatic nitrogens is 1. The second-order valence-electron chi connectivity index (χ2n) is 4.41. The molecule has 0 aliphatic heterocycles. The van der Waals surface area contributed by atoms with Crippen molar-refractivity contribution in [3.05, 3.63) is 40.5 Å². The quantitative estimate of drug-likeness (QED) is 0.903. The molecule has 1 aromatic carbocycles. The average Bonchev–Trinajstić information content (AvgIpc) is 2.80. The Balaban J connectivity index is 2.03. The summed E-state index contributed by atoms with van der Waals surface area (Å²) < 4.78 is 12.8. The first-order valence-corrected chi connectivity index (χ1v) is 6.75. The fourth-order valence-corrected chi connectivity index (χ4v) is 2.36. The molecule has 0 atom stereocenters. The Morgan fingerprint density at radius 3 is 2.60 bits per heavy atom. The third kappa shape index (κ3) is 3.24. The largest absolute Gasteiger partial charge is 0.382 e. The number of halogens is 1. The summed E-state index contributed by atoms with van der Waals surface area (Å²) in [6.07, 6.45) is 0. The molecule has 0 fully saturated rings. The zero-order valence-corrected chi connectivity index (χ0v) is 12.0.